The van der Waals surface area contributed by atoms with Crippen molar-refractivity contribution in [1.82, 2.24) is 20.1 Å². The van der Waals surface area contributed by atoms with E-state index in [1.807, 2.05) is 30.5 Å². The standard InChI is InChI=1S/C24H24ClFN4O3/c1-15(31)28-22(12-16-14-27-21-5-3-2-4-18(16)21)24(33)30-10-8-29(9-11-30)23(32)19-7-6-17(26)13-20(19)25/h2-7,13-14,22,27H,8-12H2,1H3,(H,28,31). The van der Waals surface area contributed by atoms with E-state index in [0.717, 1.165) is 22.5 Å². The van der Waals surface area contributed by atoms with Gasteiger partial charge in [0.2, 0.25) is 11.8 Å². The maximum absolute atomic E-state index is 13.3. The second kappa shape index (κ2) is 9.62. The maximum atomic E-state index is 13.3. The molecule has 4 rings (SSSR count). The number of para-hydroxylation sites is 1. The molecule has 0 aliphatic carbocycles. The number of aromatic nitrogens is 1. The quantitative estimate of drug-likeness (QED) is 0.601. The number of carbonyl (C=O) groups excluding carboxylic acids is 3. The summed E-state index contributed by atoms with van der Waals surface area (Å²) in [6.45, 7) is 2.68. The zero-order chi connectivity index (χ0) is 23.5. The van der Waals surface area contributed by atoms with Gasteiger partial charge < -0.3 is 20.1 Å². The van der Waals surface area contributed by atoms with E-state index in [9.17, 15) is 18.8 Å². The lowest BCUT2D eigenvalue weighted by Crippen LogP contribution is -2.56. The summed E-state index contributed by atoms with van der Waals surface area (Å²) >= 11 is 6.03. The molecule has 1 saturated heterocycles. The zero-order valence-electron chi connectivity index (χ0n) is 18.1. The number of fused-ring (bicyclic) bond motifs is 1. The first kappa shape index (κ1) is 22.8. The van der Waals surface area contributed by atoms with Crippen molar-refractivity contribution >= 4 is 40.2 Å². The van der Waals surface area contributed by atoms with Gasteiger partial charge in [-0.05, 0) is 29.8 Å². The van der Waals surface area contributed by atoms with Crippen molar-refractivity contribution in [3.63, 3.8) is 0 Å². The normalized spacial score (nSPS) is 14.9. The first-order valence-corrected chi connectivity index (χ1v) is 11.1. The van der Waals surface area contributed by atoms with Crippen LogP contribution in [0.5, 0.6) is 0 Å². The van der Waals surface area contributed by atoms with Crippen LogP contribution >= 0.6 is 11.6 Å². The molecule has 3 aromatic rings. The molecule has 0 spiro atoms. The number of H-pyrrole nitrogens is 1. The lowest BCUT2D eigenvalue weighted by Gasteiger charge is -2.36. The number of halogens is 2. The fourth-order valence-electron chi connectivity index (χ4n) is 4.15. The Kier molecular flexibility index (Phi) is 6.65. The molecule has 1 atom stereocenters. The van der Waals surface area contributed by atoms with Crippen molar-refractivity contribution in [3.8, 4) is 0 Å². The minimum Gasteiger partial charge on any atom is -0.361 e. The molecule has 2 N–H and O–H groups in total. The molecule has 172 valence electrons. The minimum absolute atomic E-state index is 0.0583. The van der Waals surface area contributed by atoms with Crippen molar-refractivity contribution in [2.75, 3.05) is 26.2 Å². The first-order valence-electron chi connectivity index (χ1n) is 10.7. The monoisotopic (exact) mass is 470 g/mol. The molecule has 3 amide bonds. The molecule has 2 aromatic carbocycles. The van der Waals surface area contributed by atoms with Crippen LogP contribution in [0.4, 0.5) is 4.39 Å². The van der Waals surface area contributed by atoms with Crippen molar-refractivity contribution in [3.05, 3.63) is 70.6 Å². The molecule has 1 aromatic heterocycles. The first-order chi connectivity index (χ1) is 15.8. The third-order valence-corrected chi connectivity index (χ3v) is 6.13. The number of piperazine rings is 1. The van der Waals surface area contributed by atoms with E-state index in [1.165, 1.54) is 19.1 Å². The summed E-state index contributed by atoms with van der Waals surface area (Å²) in [6.07, 6.45) is 2.21. The van der Waals surface area contributed by atoms with Crippen molar-refractivity contribution in [1.29, 1.82) is 0 Å². The van der Waals surface area contributed by atoms with Crippen molar-refractivity contribution in [2.24, 2.45) is 0 Å². The number of hydrogen-bond acceptors (Lipinski definition) is 3. The van der Waals surface area contributed by atoms with Crippen LogP contribution in [-0.4, -0.2) is 64.7 Å². The predicted octanol–water partition coefficient (Wildman–Crippen LogP) is 2.99. The molecule has 2 heterocycles. The summed E-state index contributed by atoms with van der Waals surface area (Å²) in [6, 6.07) is 10.7. The molecular formula is C24H24ClFN4O3. The second-order valence-corrected chi connectivity index (χ2v) is 8.47. The number of nitrogens with zero attached hydrogens (tertiary/aromatic N) is 2. The Morgan fingerprint density at radius 1 is 1.09 bits per heavy atom. The number of aromatic amines is 1. The van der Waals surface area contributed by atoms with E-state index >= 15 is 0 Å². The van der Waals surface area contributed by atoms with E-state index < -0.39 is 11.9 Å². The van der Waals surface area contributed by atoms with Gasteiger partial charge in [0.15, 0.2) is 0 Å². The summed E-state index contributed by atoms with van der Waals surface area (Å²) in [5, 5.41) is 3.84. The van der Waals surface area contributed by atoms with Gasteiger partial charge >= 0.3 is 0 Å². The molecule has 0 bridgehead atoms. The maximum Gasteiger partial charge on any atom is 0.255 e. The minimum atomic E-state index is -0.712. The number of hydrogen-bond donors (Lipinski definition) is 2. The van der Waals surface area contributed by atoms with E-state index in [-0.39, 0.29) is 28.3 Å². The van der Waals surface area contributed by atoms with E-state index in [1.54, 1.807) is 9.80 Å². The molecule has 0 radical (unpaired) electrons. The molecule has 1 unspecified atom stereocenters. The van der Waals surface area contributed by atoms with E-state index in [4.69, 9.17) is 11.6 Å². The van der Waals surface area contributed by atoms with Crippen LogP contribution in [0.25, 0.3) is 10.9 Å². The largest absolute Gasteiger partial charge is 0.361 e. The third-order valence-electron chi connectivity index (χ3n) is 5.81. The fraction of sp³-hybridized carbons (Fsp3) is 0.292. The number of nitrogens with one attached hydrogen (secondary N) is 2. The average molecular weight is 471 g/mol. The van der Waals surface area contributed by atoms with Crippen molar-refractivity contribution < 1.29 is 18.8 Å². The molecule has 1 aliphatic rings. The molecule has 1 aliphatic heterocycles. The molecule has 0 saturated carbocycles. The lowest BCUT2D eigenvalue weighted by atomic mass is 10.0. The Balaban J connectivity index is 1.43. The number of rotatable bonds is 5. The lowest BCUT2D eigenvalue weighted by molar-refractivity contribution is -0.137. The van der Waals surface area contributed by atoms with Crippen LogP contribution in [0.15, 0.2) is 48.7 Å². The van der Waals surface area contributed by atoms with Crippen molar-refractivity contribution in [2.45, 2.75) is 19.4 Å². The predicted molar refractivity (Wildman–Crippen MR) is 124 cm³/mol. The summed E-state index contributed by atoms with van der Waals surface area (Å²) in [4.78, 5) is 44.3. The van der Waals surface area contributed by atoms with Gasteiger partial charge in [-0.1, -0.05) is 29.8 Å². The van der Waals surface area contributed by atoms with Crippen LogP contribution < -0.4 is 5.32 Å². The summed E-state index contributed by atoms with van der Waals surface area (Å²) < 4.78 is 13.3. The fourth-order valence-corrected chi connectivity index (χ4v) is 4.40. The SMILES string of the molecule is CC(=O)NC(Cc1c[nH]c2ccccc12)C(=O)N1CCN(C(=O)c2ccc(F)cc2Cl)CC1. The van der Waals surface area contributed by atoms with Crippen LogP contribution in [0.3, 0.4) is 0 Å². The Morgan fingerprint density at radius 2 is 1.79 bits per heavy atom. The Hall–Kier alpha value is -3.39. The van der Waals surface area contributed by atoms with Gasteiger partial charge in [-0.15, -0.1) is 0 Å². The number of carbonyl (C=O) groups is 3. The van der Waals surface area contributed by atoms with Crippen LogP contribution in [0, 0.1) is 5.82 Å². The van der Waals surface area contributed by atoms with Gasteiger partial charge in [0, 0.05) is 56.6 Å². The summed E-state index contributed by atoms with van der Waals surface area (Å²) in [5.41, 5.74) is 2.14. The zero-order valence-corrected chi connectivity index (χ0v) is 18.9. The Morgan fingerprint density at radius 3 is 2.48 bits per heavy atom. The number of benzene rings is 2. The second-order valence-electron chi connectivity index (χ2n) is 8.06. The van der Waals surface area contributed by atoms with Gasteiger partial charge in [-0.25, -0.2) is 4.39 Å². The Labute approximate surface area is 195 Å². The van der Waals surface area contributed by atoms with Crippen LogP contribution in [0.2, 0.25) is 5.02 Å². The highest BCUT2D eigenvalue weighted by Gasteiger charge is 2.31. The average Bonchev–Trinajstić information content (AvgIpc) is 3.20. The molecular weight excluding hydrogens is 447 g/mol. The molecule has 33 heavy (non-hydrogen) atoms. The van der Waals surface area contributed by atoms with Gasteiger partial charge in [0.05, 0.1) is 10.6 Å². The third kappa shape index (κ3) is 5.01. The van der Waals surface area contributed by atoms with E-state index in [0.29, 0.717) is 32.6 Å². The molecule has 7 nitrogen and oxygen atoms in total. The van der Waals surface area contributed by atoms with E-state index in [2.05, 4.69) is 10.3 Å². The van der Waals surface area contributed by atoms with Gasteiger partial charge in [-0.2, -0.15) is 0 Å². The van der Waals surface area contributed by atoms with Crippen LogP contribution in [0.1, 0.15) is 22.8 Å². The molecule has 9 heteroatoms. The smallest absolute Gasteiger partial charge is 0.255 e. The topological polar surface area (TPSA) is 85.5 Å². The highest BCUT2D eigenvalue weighted by atomic mass is 35.5. The molecule has 1 fully saturated rings. The summed E-state index contributed by atoms with van der Waals surface area (Å²) in [7, 11) is 0. The highest BCUT2D eigenvalue weighted by molar-refractivity contribution is 6.33. The Bertz CT molecular complexity index is 1200. The van der Waals surface area contributed by atoms with Gasteiger partial charge in [-0.3, -0.25) is 14.4 Å². The van der Waals surface area contributed by atoms with Crippen LogP contribution in [-0.2, 0) is 16.0 Å². The van der Waals surface area contributed by atoms with Gasteiger partial charge in [0.25, 0.3) is 5.91 Å². The summed E-state index contributed by atoms with van der Waals surface area (Å²) in [5.74, 6) is -1.29. The highest BCUT2D eigenvalue weighted by Crippen LogP contribution is 2.22. The van der Waals surface area contributed by atoms with Gasteiger partial charge in [0.1, 0.15) is 11.9 Å². The number of amides is 3.